The number of aryl methyl sites for hydroxylation is 1. The first-order valence-electron chi connectivity index (χ1n) is 7.60. The molecule has 0 radical (unpaired) electrons. The third-order valence-corrected chi connectivity index (χ3v) is 4.67. The van der Waals surface area contributed by atoms with Crippen molar-refractivity contribution in [2.75, 3.05) is 20.1 Å². The molecule has 1 aliphatic carbocycles. The fraction of sp³-hybridized carbons (Fsp3) is 0.647. The first-order chi connectivity index (χ1) is 9.10. The predicted molar refractivity (Wildman–Crippen MR) is 82.2 cm³/mol. The van der Waals surface area contributed by atoms with Gasteiger partial charge in [0, 0.05) is 6.54 Å². The zero-order chi connectivity index (χ0) is 13.9. The molecule has 0 spiro atoms. The summed E-state index contributed by atoms with van der Waals surface area (Å²) in [6, 6.07) is 8.87. The average molecular weight is 260 g/mol. The Morgan fingerprint density at radius 2 is 2.05 bits per heavy atom. The molecule has 0 heterocycles. The van der Waals surface area contributed by atoms with Crippen LogP contribution in [0.3, 0.4) is 0 Å². The maximum Gasteiger partial charge on any atom is 0.0584 e. The van der Waals surface area contributed by atoms with Gasteiger partial charge in [0.25, 0.3) is 0 Å². The van der Waals surface area contributed by atoms with Crippen LogP contribution in [0.25, 0.3) is 0 Å². The normalized spacial score (nSPS) is 22.8. The Hall–Kier alpha value is -0.860. The van der Waals surface area contributed by atoms with Crippen molar-refractivity contribution in [3.8, 4) is 0 Å². The van der Waals surface area contributed by atoms with Gasteiger partial charge in [0.2, 0.25) is 0 Å². The van der Waals surface area contributed by atoms with Crippen molar-refractivity contribution in [1.29, 1.82) is 0 Å². The van der Waals surface area contributed by atoms with E-state index in [2.05, 4.69) is 50.1 Å². The highest BCUT2D eigenvalue weighted by atomic mass is 15.2. The third kappa shape index (κ3) is 2.85. The summed E-state index contributed by atoms with van der Waals surface area (Å²) in [5, 5.41) is 0. The summed E-state index contributed by atoms with van der Waals surface area (Å²) in [5.74, 6) is 0.746. The topological polar surface area (TPSA) is 29.3 Å². The van der Waals surface area contributed by atoms with Crippen molar-refractivity contribution in [2.24, 2.45) is 11.7 Å². The van der Waals surface area contributed by atoms with Crippen molar-refractivity contribution in [3.63, 3.8) is 0 Å². The standard InChI is InChI=1S/C17H28N2/c1-14(2)10-12-19(3)17(13-18)11-6-8-15-7-4-5-9-16(15)17/h4-5,7,9,14H,6,8,10-13,18H2,1-3H3. The number of hydrogen-bond donors (Lipinski definition) is 1. The molecule has 19 heavy (non-hydrogen) atoms. The molecule has 1 aromatic carbocycles. The number of fused-ring (bicyclic) bond motifs is 1. The van der Waals surface area contributed by atoms with E-state index in [1.165, 1.54) is 36.8 Å². The number of nitrogens with two attached hydrogens (primary N) is 1. The van der Waals surface area contributed by atoms with Gasteiger partial charge in [0.1, 0.15) is 0 Å². The van der Waals surface area contributed by atoms with Crippen LogP contribution in [0.5, 0.6) is 0 Å². The van der Waals surface area contributed by atoms with Crippen LogP contribution in [0.4, 0.5) is 0 Å². The molecule has 0 aromatic heterocycles. The number of likely N-dealkylation sites (N-methyl/N-ethyl adjacent to an activating group) is 1. The van der Waals surface area contributed by atoms with E-state index >= 15 is 0 Å². The first kappa shape index (κ1) is 14.5. The van der Waals surface area contributed by atoms with Crippen molar-refractivity contribution in [2.45, 2.75) is 45.1 Å². The van der Waals surface area contributed by atoms with Gasteiger partial charge in [0.05, 0.1) is 5.54 Å². The van der Waals surface area contributed by atoms with Gasteiger partial charge in [-0.15, -0.1) is 0 Å². The lowest BCUT2D eigenvalue weighted by Gasteiger charge is -2.45. The van der Waals surface area contributed by atoms with Crippen molar-refractivity contribution in [3.05, 3.63) is 35.4 Å². The summed E-state index contributed by atoms with van der Waals surface area (Å²) < 4.78 is 0. The summed E-state index contributed by atoms with van der Waals surface area (Å²) in [6.45, 7) is 6.43. The van der Waals surface area contributed by atoms with E-state index in [4.69, 9.17) is 5.73 Å². The van der Waals surface area contributed by atoms with Crippen LogP contribution >= 0.6 is 0 Å². The number of hydrogen-bond acceptors (Lipinski definition) is 2. The lowest BCUT2D eigenvalue weighted by molar-refractivity contribution is 0.0982. The second-order valence-corrected chi connectivity index (χ2v) is 6.35. The Morgan fingerprint density at radius 1 is 1.32 bits per heavy atom. The van der Waals surface area contributed by atoms with Crippen molar-refractivity contribution >= 4 is 0 Å². The molecule has 1 atom stereocenters. The smallest absolute Gasteiger partial charge is 0.0584 e. The van der Waals surface area contributed by atoms with E-state index in [0.29, 0.717) is 0 Å². The van der Waals surface area contributed by atoms with Gasteiger partial charge in [-0.1, -0.05) is 38.1 Å². The van der Waals surface area contributed by atoms with Crippen molar-refractivity contribution < 1.29 is 0 Å². The van der Waals surface area contributed by atoms with Crippen LogP contribution in [-0.2, 0) is 12.0 Å². The highest BCUT2D eigenvalue weighted by Crippen LogP contribution is 2.38. The average Bonchev–Trinajstić information content (AvgIpc) is 2.44. The quantitative estimate of drug-likeness (QED) is 0.881. The summed E-state index contributed by atoms with van der Waals surface area (Å²) in [6.07, 6.45) is 4.88. The second-order valence-electron chi connectivity index (χ2n) is 6.35. The van der Waals surface area contributed by atoms with E-state index in [9.17, 15) is 0 Å². The van der Waals surface area contributed by atoms with E-state index in [1.807, 2.05) is 0 Å². The minimum atomic E-state index is 0.0593. The van der Waals surface area contributed by atoms with Crippen molar-refractivity contribution in [1.82, 2.24) is 4.90 Å². The van der Waals surface area contributed by atoms with Crippen LogP contribution in [0.2, 0.25) is 0 Å². The molecule has 2 heteroatoms. The van der Waals surface area contributed by atoms with Gasteiger partial charge >= 0.3 is 0 Å². The summed E-state index contributed by atoms with van der Waals surface area (Å²) in [5.41, 5.74) is 9.24. The van der Waals surface area contributed by atoms with E-state index in [1.54, 1.807) is 0 Å². The Kier molecular flexibility index (Phi) is 4.64. The zero-order valence-corrected chi connectivity index (χ0v) is 12.7. The SMILES string of the molecule is CC(C)CCN(C)C1(CN)CCCc2ccccc21. The Balaban J connectivity index is 2.28. The largest absolute Gasteiger partial charge is 0.328 e. The highest BCUT2D eigenvalue weighted by Gasteiger charge is 2.38. The van der Waals surface area contributed by atoms with Crippen LogP contribution in [0.15, 0.2) is 24.3 Å². The highest BCUT2D eigenvalue weighted by molar-refractivity contribution is 5.36. The molecule has 0 fully saturated rings. The maximum absolute atomic E-state index is 6.22. The Morgan fingerprint density at radius 3 is 2.74 bits per heavy atom. The number of rotatable bonds is 5. The molecular formula is C17H28N2. The number of benzene rings is 1. The van der Waals surface area contributed by atoms with Gasteiger partial charge in [-0.2, -0.15) is 0 Å². The molecule has 2 N–H and O–H groups in total. The molecular weight excluding hydrogens is 232 g/mol. The Labute approximate surface area is 118 Å². The molecule has 1 unspecified atom stereocenters. The predicted octanol–water partition coefficient (Wildman–Crippen LogP) is 3.15. The fourth-order valence-corrected chi connectivity index (χ4v) is 3.33. The lowest BCUT2D eigenvalue weighted by Crippen LogP contribution is -2.51. The summed E-state index contributed by atoms with van der Waals surface area (Å²) >= 11 is 0. The number of nitrogens with zero attached hydrogens (tertiary/aromatic N) is 1. The third-order valence-electron chi connectivity index (χ3n) is 4.67. The summed E-state index contributed by atoms with van der Waals surface area (Å²) in [4.78, 5) is 2.50. The van der Waals surface area contributed by atoms with Crippen LogP contribution in [0, 0.1) is 5.92 Å². The van der Waals surface area contributed by atoms with Gasteiger partial charge < -0.3 is 5.73 Å². The van der Waals surface area contributed by atoms with Crippen LogP contribution in [-0.4, -0.2) is 25.0 Å². The van der Waals surface area contributed by atoms with E-state index in [-0.39, 0.29) is 5.54 Å². The zero-order valence-electron chi connectivity index (χ0n) is 12.7. The minimum Gasteiger partial charge on any atom is -0.328 e. The molecule has 106 valence electrons. The monoisotopic (exact) mass is 260 g/mol. The maximum atomic E-state index is 6.22. The minimum absolute atomic E-state index is 0.0593. The van der Waals surface area contributed by atoms with Gasteiger partial charge in [-0.05, 0) is 56.3 Å². The van der Waals surface area contributed by atoms with Gasteiger partial charge in [-0.3, -0.25) is 4.90 Å². The van der Waals surface area contributed by atoms with E-state index in [0.717, 1.165) is 19.0 Å². The molecule has 1 aromatic rings. The molecule has 1 aliphatic rings. The van der Waals surface area contributed by atoms with Crippen LogP contribution in [0.1, 0.15) is 44.2 Å². The molecule has 2 rings (SSSR count). The summed E-state index contributed by atoms with van der Waals surface area (Å²) in [7, 11) is 2.25. The molecule has 0 bridgehead atoms. The van der Waals surface area contributed by atoms with Gasteiger partial charge in [0.15, 0.2) is 0 Å². The molecule has 0 saturated heterocycles. The van der Waals surface area contributed by atoms with Crippen LogP contribution < -0.4 is 5.73 Å². The molecule has 0 amide bonds. The van der Waals surface area contributed by atoms with Gasteiger partial charge in [-0.25, -0.2) is 0 Å². The lowest BCUT2D eigenvalue weighted by atomic mass is 9.75. The molecule has 2 nitrogen and oxygen atoms in total. The molecule has 0 aliphatic heterocycles. The molecule has 0 saturated carbocycles. The van der Waals surface area contributed by atoms with E-state index < -0.39 is 0 Å². The Bertz CT molecular complexity index is 413. The fourth-order valence-electron chi connectivity index (χ4n) is 3.33. The second kappa shape index (κ2) is 6.06. The first-order valence-corrected chi connectivity index (χ1v) is 7.60.